The maximum absolute atomic E-state index is 11.7. The van der Waals surface area contributed by atoms with Crippen molar-refractivity contribution in [1.82, 2.24) is 4.98 Å². The molecule has 0 spiro atoms. The molecule has 1 atom stereocenters. The minimum Gasteiger partial charge on any atom is -0.321 e. The number of pyridine rings is 1. The van der Waals surface area contributed by atoms with E-state index in [1.807, 2.05) is 12.1 Å². The minimum atomic E-state index is -0.335. The van der Waals surface area contributed by atoms with Gasteiger partial charge in [0, 0.05) is 18.8 Å². The van der Waals surface area contributed by atoms with Crippen molar-refractivity contribution in [1.29, 1.82) is 0 Å². The molecule has 1 rings (SSSR count). The van der Waals surface area contributed by atoms with E-state index >= 15 is 0 Å². The molecule has 82 valence electrons. The van der Waals surface area contributed by atoms with Crippen LogP contribution in [0.1, 0.15) is 25.8 Å². The highest BCUT2D eigenvalue weighted by Crippen LogP contribution is 2.06. The van der Waals surface area contributed by atoms with Gasteiger partial charge in [0.25, 0.3) is 0 Å². The molecule has 0 amide bonds. The van der Waals surface area contributed by atoms with Crippen LogP contribution in [-0.4, -0.2) is 16.8 Å². The van der Waals surface area contributed by atoms with Crippen LogP contribution >= 0.6 is 0 Å². The molecule has 3 heteroatoms. The minimum absolute atomic E-state index is 0.106. The summed E-state index contributed by atoms with van der Waals surface area (Å²) in [5.74, 6) is 0.566. The lowest BCUT2D eigenvalue weighted by Gasteiger charge is -2.12. The van der Waals surface area contributed by atoms with Crippen LogP contribution in [0.25, 0.3) is 0 Å². The van der Waals surface area contributed by atoms with Gasteiger partial charge >= 0.3 is 0 Å². The smallest absolute Gasteiger partial charge is 0.153 e. The normalized spacial score (nSPS) is 12.8. The van der Waals surface area contributed by atoms with E-state index in [4.69, 9.17) is 5.73 Å². The van der Waals surface area contributed by atoms with Crippen LogP contribution in [0.15, 0.2) is 24.5 Å². The highest BCUT2D eigenvalue weighted by molar-refractivity contribution is 5.85. The summed E-state index contributed by atoms with van der Waals surface area (Å²) in [5, 5.41) is 0. The Bertz CT molecular complexity index is 309. The van der Waals surface area contributed by atoms with Crippen LogP contribution < -0.4 is 5.73 Å². The van der Waals surface area contributed by atoms with Crippen molar-refractivity contribution < 1.29 is 4.79 Å². The molecular weight excluding hydrogens is 188 g/mol. The monoisotopic (exact) mass is 206 g/mol. The molecule has 0 aliphatic heterocycles. The Labute approximate surface area is 90.7 Å². The Hall–Kier alpha value is -1.22. The zero-order valence-electron chi connectivity index (χ0n) is 9.31. The molecule has 0 saturated carbocycles. The molecule has 1 aromatic heterocycles. The summed E-state index contributed by atoms with van der Waals surface area (Å²) in [6.07, 6.45) is 4.55. The van der Waals surface area contributed by atoms with Gasteiger partial charge in [-0.25, -0.2) is 0 Å². The Balaban J connectivity index is 2.49. The third-order valence-corrected chi connectivity index (χ3v) is 2.27. The zero-order valence-corrected chi connectivity index (χ0v) is 9.31. The maximum Gasteiger partial charge on any atom is 0.153 e. The number of carbonyl (C=O) groups is 1. The van der Waals surface area contributed by atoms with Gasteiger partial charge in [-0.15, -0.1) is 0 Å². The van der Waals surface area contributed by atoms with E-state index in [-0.39, 0.29) is 11.8 Å². The summed E-state index contributed by atoms with van der Waals surface area (Å²) < 4.78 is 0. The Morgan fingerprint density at radius 3 is 2.53 bits per heavy atom. The first kappa shape index (κ1) is 11.9. The lowest BCUT2D eigenvalue weighted by atomic mass is 9.97. The summed E-state index contributed by atoms with van der Waals surface area (Å²) >= 11 is 0. The number of Topliss-reactive ketones (excluding diaryl/α,β-unsaturated/α-hetero) is 1. The van der Waals surface area contributed by atoms with Gasteiger partial charge in [-0.3, -0.25) is 9.78 Å². The predicted octanol–water partition coefficient (Wildman–Crippen LogP) is 1.57. The Kier molecular flexibility index (Phi) is 4.43. The third kappa shape index (κ3) is 4.21. The summed E-state index contributed by atoms with van der Waals surface area (Å²) in [6, 6.07) is 3.36. The number of hydrogen-bond acceptors (Lipinski definition) is 3. The van der Waals surface area contributed by atoms with Crippen molar-refractivity contribution in [2.24, 2.45) is 11.7 Å². The van der Waals surface area contributed by atoms with Crippen molar-refractivity contribution in [3.8, 4) is 0 Å². The molecule has 1 aromatic rings. The van der Waals surface area contributed by atoms with Gasteiger partial charge in [0.05, 0.1) is 6.04 Å². The van der Waals surface area contributed by atoms with Gasteiger partial charge in [0.15, 0.2) is 5.78 Å². The van der Waals surface area contributed by atoms with E-state index in [0.717, 1.165) is 12.0 Å². The number of carbonyl (C=O) groups excluding carboxylic acids is 1. The zero-order chi connectivity index (χ0) is 11.3. The molecule has 0 radical (unpaired) electrons. The van der Waals surface area contributed by atoms with Crippen LogP contribution in [0.2, 0.25) is 0 Å². The molecule has 1 unspecified atom stereocenters. The van der Waals surface area contributed by atoms with Crippen LogP contribution in [0, 0.1) is 5.92 Å². The molecule has 0 aliphatic carbocycles. The second kappa shape index (κ2) is 5.61. The van der Waals surface area contributed by atoms with E-state index in [1.54, 1.807) is 12.4 Å². The lowest BCUT2D eigenvalue weighted by molar-refractivity contribution is -0.120. The molecule has 0 fully saturated rings. The molecule has 0 aromatic carbocycles. The van der Waals surface area contributed by atoms with E-state index in [1.165, 1.54) is 0 Å². The molecular formula is C12H18N2O. The number of ketones is 1. The molecule has 0 aliphatic rings. The van der Waals surface area contributed by atoms with Crippen LogP contribution in [-0.2, 0) is 11.2 Å². The average molecular weight is 206 g/mol. The highest BCUT2D eigenvalue weighted by Gasteiger charge is 2.14. The molecule has 0 saturated heterocycles. The summed E-state index contributed by atoms with van der Waals surface area (Å²) in [4.78, 5) is 15.6. The van der Waals surface area contributed by atoms with Crippen molar-refractivity contribution in [2.75, 3.05) is 0 Å². The van der Waals surface area contributed by atoms with Crippen molar-refractivity contribution in [2.45, 2.75) is 32.7 Å². The highest BCUT2D eigenvalue weighted by atomic mass is 16.1. The lowest BCUT2D eigenvalue weighted by Crippen LogP contribution is -2.33. The van der Waals surface area contributed by atoms with E-state index in [9.17, 15) is 4.79 Å². The van der Waals surface area contributed by atoms with Gasteiger partial charge in [0.1, 0.15) is 0 Å². The van der Waals surface area contributed by atoms with Gasteiger partial charge in [0.2, 0.25) is 0 Å². The largest absolute Gasteiger partial charge is 0.321 e. The fourth-order valence-corrected chi connectivity index (χ4v) is 1.47. The van der Waals surface area contributed by atoms with Crippen LogP contribution in [0.5, 0.6) is 0 Å². The molecule has 15 heavy (non-hydrogen) atoms. The fourth-order valence-electron chi connectivity index (χ4n) is 1.47. The van der Waals surface area contributed by atoms with E-state index in [2.05, 4.69) is 18.8 Å². The van der Waals surface area contributed by atoms with Gasteiger partial charge in [-0.2, -0.15) is 0 Å². The second-order valence-electron chi connectivity index (χ2n) is 4.23. The van der Waals surface area contributed by atoms with E-state index < -0.39 is 0 Å². The summed E-state index contributed by atoms with van der Waals surface area (Å²) in [6.45, 7) is 4.14. The first-order valence-electron chi connectivity index (χ1n) is 5.26. The molecule has 0 bridgehead atoms. The molecule has 3 nitrogen and oxygen atoms in total. The number of hydrogen-bond donors (Lipinski definition) is 1. The number of nitrogens with two attached hydrogens (primary N) is 1. The second-order valence-corrected chi connectivity index (χ2v) is 4.23. The first-order chi connectivity index (χ1) is 7.09. The number of rotatable bonds is 5. The third-order valence-electron chi connectivity index (χ3n) is 2.27. The quantitative estimate of drug-likeness (QED) is 0.795. The van der Waals surface area contributed by atoms with Gasteiger partial charge in [-0.05, 0) is 30.0 Å². The average Bonchev–Trinajstić information content (AvgIpc) is 2.18. The van der Waals surface area contributed by atoms with Crippen molar-refractivity contribution >= 4 is 5.78 Å². The SMILES string of the molecule is CC(C)CC(N)C(=O)Cc1ccncc1. The van der Waals surface area contributed by atoms with E-state index in [0.29, 0.717) is 12.3 Å². The standard InChI is InChI=1S/C12H18N2O/c1-9(2)7-11(13)12(15)8-10-3-5-14-6-4-10/h3-6,9,11H,7-8,13H2,1-2H3. The van der Waals surface area contributed by atoms with Crippen LogP contribution in [0.4, 0.5) is 0 Å². The fraction of sp³-hybridized carbons (Fsp3) is 0.500. The maximum atomic E-state index is 11.7. The number of nitrogens with zero attached hydrogens (tertiary/aromatic N) is 1. The topological polar surface area (TPSA) is 56.0 Å². The number of aromatic nitrogens is 1. The molecule has 1 heterocycles. The predicted molar refractivity (Wildman–Crippen MR) is 60.4 cm³/mol. The Morgan fingerprint density at radius 2 is 2.00 bits per heavy atom. The van der Waals surface area contributed by atoms with Crippen molar-refractivity contribution in [3.05, 3.63) is 30.1 Å². The van der Waals surface area contributed by atoms with Crippen LogP contribution in [0.3, 0.4) is 0 Å². The van der Waals surface area contributed by atoms with Crippen molar-refractivity contribution in [3.63, 3.8) is 0 Å². The molecule has 2 N–H and O–H groups in total. The van der Waals surface area contributed by atoms with Gasteiger partial charge in [-0.1, -0.05) is 13.8 Å². The Morgan fingerprint density at radius 1 is 1.40 bits per heavy atom. The first-order valence-corrected chi connectivity index (χ1v) is 5.26. The summed E-state index contributed by atoms with van der Waals surface area (Å²) in [5.41, 5.74) is 6.78. The summed E-state index contributed by atoms with van der Waals surface area (Å²) in [7, 11) is 0. The van der Waals surface area contributed by atoms with Gasteiger partial charge < -0.3 is 5.73 Å².